The first-order valence-corrected chi connectivity index (χ1v) is 6.77. The lowest BCUT2D eigenvalue weighted by molar-refractivity contribution is -0.118. The number of benzene rings is 1. The molecule has 0 atom stereocenters. The summed E-state index contributed by atoms with van der Waals surface area (Å²) in [6.07, 6.45) is 2.64. The van der Waals surface area contributed by atoms with Gasteiger partial charge < -0.3 is 5.32 Å². The van der Waals surface area contributed by atoms with Gasteiger partial charge in [-0.3, -0.25) is 9.69 Å². The molecule has 0 unspecified atom stereocenters. The van der Waals surface area contributed by atoms with Crippen molar-refractivity contribution in [2.45, 2.75) is 33.2 Å². The number of carbonyl (C=O) groups excluding carboxylic acids is 1. The third-order valence-electron chi connectivity index (χ3n) is 3.35. The van der Waals surface area contributed by atoms with Crippen LogP contribution in [0.15, 0.2) is 24.3 Å². The molecule has 0 aliphatic carbocycles. The molecule has 2 rings (SSSR count). The minimum Gasteiger partial charge on any atom is -0.326 e. The van der Waals surface area contributed by atoms with Crippen molar-refractivity contribution in [2.24, 2.45) is 5.92 Å². The van der Waals surface area contributed by atoms with Crippen molar-refractivity contribution in [3.05, 3.63) is 29.8 Å². The first-order chi connectivity index (χ1) is 8.65. The van der Waals surface area contributed by atoms with Crippen molar-refractivity contribution in [3.63, 3.8) is 0 Å². The molecule has 1 aromatic rings. The fourth-order valence-corrected chi connectivity index (χ4v) is 2.18. The molecule has 1 N–H and O–H groups in total. The van der Waals surface area contributed by atoms with Crippen LogP contribution in [-0.2, 0) is 11.3 Å². The molecule has 98 valence electrons. The van der Waals surface area contributed by atoms with Gasteiger partial charge in [-0.15, -0.1) is 0 Å². The second-order valence-corrected chi connectivity index (χ2v) is 5.32. The fourth-order valence-electron chi connectivity index (χ4n) is 2.18. The highest BCUT2D eigenvalue weighted by Gasteiger charge is 2.11. The van der Waals surface area contributed by atoms with Crippen LogP contribution in [0.25, 0.3) is 0 Å². The second kappa shape index (κ2) is 6.01. The number of nitrogens with one attached hydrogen (secondary N) is 1. The van der Waals surface area contributed by atoms with Crippen LogP contribution >= 0.6 is 0 Å². The van der Waals surface area contributed by atoms with Crippen LogP contribution in [0.1, 0.15) is 32.3 Å². The van der Waals surface area contributed by atoms with Crippen molar-refractivity contribution >= 4 is 11.6 Å². The lowest BCUT2D eigenvalue weighted by atomic mass is 10.1. The molecule has 1 fully saturated rings. The molecule has 0 radical (unpaired) electrons. The Labute approximate surface area is 109 Å². The molecule has 18 heavy (non-hydrogen) atoms. The van der Waals surface area contributed by atoms with Gasteiger partial charge in [0.2, 0.25) is 5.91 Å². The van der Waals surface area contributed by atoms with E-state index in [1.54, 1.807) is 0 Å². The first-order valence-electron chi connectivity index (χ1n) is 6.77. The SMILES string of the molecule is CC(C)C(=O)Nc1ccc(CN2CCCC2)cc1. The zero-order chi connectivity index (χ0) is 13.0. The molecule has 1 heterocycles. The summed E-state index contributed by atoms with van der Waals surface area (Å²) < 4.78 is 0. The summed E-state index contributed by atoms with van der Waals surface area (Å²) in [7, 11) is 0. The Kier molecular flexibility index (Phi) is 4.37. The lowest BCUT2D eigenvalue weighted by Gasteiger charge is -2.15. The zero-order valence-corrected chi connectivity index (χ0v) is 11.3. The maximum atomic E-state index is 11.6. The maximum absolute atomic E-state index is 11.6. The summed E-state index contributed by atoms with van der Waals surface area (Å²) in [4.78, 5) is 14.0. The maximum Gasteiger partial charge on any atom is 0.226 e. The van der Waals surface area contributed by atoms with Crippen molar-refractivity contribution in [1.29, 1.82) is 0 Å². The van der Waals surface area contributed by atoms with Crippen LogP contribution in [0.4, 0.5) is 5.69 Å². The topological polar surface area (TPSA) is 32.3 Å². The van der Waals surface area contributed by atoms with E-state index in [0.717, 1.165) is 12.2 Å². The summed E-state index contributed by atoms with van der Waals surface area (Å²) >= 11 is 0. The predicted octanol–water partition coefficient (Wildman–Crippen LogP) is 2.88. The Hall–Kier alpha value is -1.35. The van der Waals surface area contributed by atoms with Gasteiger partial charge in [0.25, 0.3) is 0 Å². The number of carbonyl (C=O) groups is 1. The van der Waals surface area contributed by atoms with Gasteiger partial charge in [0.1, 0.15) is 0 Å². The highest BCUT2D eigenvalue weighted by molar-refractivity contribution is 5.91. The van der Waals surface area contributed by atoms with Gasteiger partial charge in [-0.25, -0.2) is 0 Å². The van der Waals surface area contributed by atoms with E-state index in [1.807, 2.05) is 26.0 Å². The van der Waals surface area contributed by atoms with Crippen molar-refractivity contribution in [2.75, 3.05) is 18.4 Å². The van der Waals surface area contributed by atoms with E-state index >= 15 is 0 Å². The Morgan fingerprint density at radius 2 is 1.83 bits per heavy atom. The Morgan fingerprint density at radius 1 is 1.22 bits per heavy atom. The standard InChI is InChI=1S/C15H22N2O/c1-12(2)15(18)16-14-7-5-13(6-8-14)11-17-9-3-4-10-17/h5-8,12H,3-4,9-11H2,1-2H3,(H,16,18). The summed E-state index contributed by atoms with van der Waals surface area (Å²) in [6.45, 7) is 7.25. The zero-order valence-electron chi connectivity index (χ0n) is 11.3. The Balaban J connectivity index is 1.90. The van der Waals surface area contributed by atoms with Crippen molar-refractivity contribution in [3.8, 4) is 0 Å². The summed E-state index contributed by atoms with van der Waals surface area (Å²) in [5.74, 6) is 0.0940. The van der Waals surface area contributed by atoms with Crippen LogP contribution in [0.2, 0.25) is 0 Å². The Morgan fingerprint density at radius 3 is 2.39 bits per heavy atom. The van der Waals surface area contributed by atoms with Crippen molar-refractivity contribution < 1.29 is 4.79 Å². The van der Waals surface area contributed by atoms with Gasteiger partial charge >= 0.3 is 0 Å². The van der Waals surface area contributed by atoms with Gasteiger partial charge in [0.05, 0.1) is 0 Å². The van der Waals surface area contributed by atoms with Crippen LogP contribution in [0.5, 0.6) is 0 Å². The molecule has 3 nitrogen and oxygen atoms in total. The number of likely N-dealkylation sites (tertiary alicyclic amines) is 1. The average molecular weight is 246 g/mol. The largest absolute Gasteiger partial charge is 0.326 e. The number of anilines is 1. The van der Waals surface area contributed by atoms with E-state index in [-0.39, 0.29) is 11.8 Å². The van der Waals surface area contributed by atoms with E-state index in [0.29, 0.717) is 0 Å². The summed E-state index contributed by atoms with van der Waals surface area (Å²) in [6, 6.07) is 8.19. The number of rotatable bonds is 4. The van der Waals surface area contributed by atoms with Crippen LogP contribution in [-0.4, -0.2) is 23.9 Å². The first kappa shape index (κ1) is 13.1. The van der Waals surface area contributed by atoms with Gasteiger partial charge in [-0.05, 0) is 43.6 Å². The third kappa shape index (κ3) is 3.57. The predicted molar refractivity (Wildman–Crippen MR) is 74.4 cm³/mol. The van der Waals surface area contributed by atoms with E-state index in [1.165, 1.54) is 31.5 Å². The molecule has 1 amide bonds. The van der Waals surface area contributed by atoms with Gasteiger partial charge in [0, 0.05) is 18.2 Å². The molecule has 1 aliphatic rings. The van der Waals surface area contributed by atoms with E-state index in [9.17, 15) is 4.79 Å². The molecule has 1 saturated heterocycles. The number of amides is 1. The van der Waals surface area contributed by atoms with Crippen LogP contribution < -0.4 is 5.32 Å². The van der Waals surface area contributed by atoms with E-state index < -0.39 is 0 Å². The monoisotopic (exact) mass is 246 g/mol. The smallest absolute Gasteiger partial charge is 0.226 e. The molecule has 3 heteroatoms. The Bertz CT molecular complexity index is 391. The number of hydrogen-bond acceptors (Lipinski definition) is 2. The highest BCUT2D eigenvalue weighted by atomic mass is 16.1. The average Bonchev–Trinajstić information content (AvgIpc) is 2.84. The fraction of sp³-hybridized carbons (Fsp3) is 0.533. The lowest BCUT2D eigenvalue weighted by Crippen LogP contribution is -2.19. The van der Waals surface area contributed by atoms with E-state index in [2.05, 4.69) is 22.3 Å². The minimum absolute atomic E-state index is 0.0225. The van der Waals surface area contributed by atoms with Gasteiger partial charge in [0.15, 0.2) is 0 Å². The number of hydrogen-bond donors (Lipinski definition) is 1. The van der Waals surface area contributed by atoms with Crippen LogP contribution in [0, 0.1) is 5.92 Å². The van der Waals surface area contributed by atoms with Crippen LogP contribution in [0.3, 0.4) is 0 Å². The summed E-state index contributed by atoms with van der Waals surface area (Å²) in [5, 5.41) is 2.91. The molecule has 0 saturated carbocycles. The quantitative estimate of drug-likeness (QED) is 0.886. The molecule has 1 aromatic carbocycles. The molecule has 0 spiro atoms. The van der Waals surface area contributed by atoms with Gasteiger partial charge in [-0.2, -0.15) is 0 Å². The highest BCUT2D eigenvalue weighted by Crippen LogP contribution is 2.15. The molecule has 1 aliphatic heterocycles. The second-order valence-electron chi connectivity index (χ2n) is 5.32. The minimum atomic E-state index is 0.0225. The normalized spacial score (nSPS) is 16.2. The van der Waals surface area contributed by atoms with Crippen molar-refractivity contribution in [1.82, 2.24) is 4.90 Å². The summed E-state index contributed by atoms with van der Waals surface area (Å²) in [5.41, 5.74) is 2.21. The van der Waals surface area contributed by atoms with Gasteiger partial charge in [-0.1, -0.05) is 26.0 Å². The molecule has 0 bridgehead atoms. The third-order valence-corrected chi connectivity index (χ3v) is 3.35. The molecule has 0 aromatic heterocycles. The molecular formula is C15H22N2O. The van der Waals surface area contributed by atoms with E-state index in [4.69, 9.17) is 0 Å². The molecular weight excluding hydrogens is 224 g/mol. The number of nitrogens with zero attached hydrogens (tertiary/aromatic N) is 1.